The first-order chi connectivity index (χ1) is 13.1. The lowest BCUT2D eigenvalue weighted by atomic mass is 9.93. The Kier molecular flexibility index (Phi) is 4.97. The van der Waals surface area contributed by atoms with Crippen molar-refractivity contribution in [3.63, 3.8) is 0 Å². The molecular formula is C23H21ClN2O. The lowest BCUT2D eigenvalue weighted by Crippen LogP contribution is -2.33. The molecule has 4 heteroatoms. The molecule has 0 aromatic heterocycles. The maximum Gasteiger partial charge on any atom is 0.126 e. The normalized spacial score (nSPS) is 19.6. The summed E-state index contributed by atoms with van der Waals surface area (Å²) in [6.45, 7) is 2.08. The fourth-order valence-electron chi connectivity index (χ4n) is 3.46. The third-order valence-electron chi connectivity index (χ3n) is 4.90. The van der Waals surface area contributed by atoms with Gasteiger partial charge in [0.05, 0.1) is 0 Å². The summed E-state index contributed by atoms with van der Waals surface area (Å²) in [6, 6.07) is 23.6. The standard InChI is InChI=1S/C23H21ClN2O/c1-15-9-11-16(12-10-15)20-14-21(19-7-2-3-8-22(19)27)26-23(25-20)17-5-4-6-18(24)13-17/h2-13,21,23,26-27H,14H2,1H3/t21-,23-/m1/s1. The van der Waals surface area contributed by atoms with Crippen LogP contribution in [0.4, 0.5) is 0 Å². The van der Waals surface area contributed by atoms with E-state index in [2.05, 4.69) is 36.5 Å². The van der Waals surface area contributed by atoms with E-state index in [0.717, 1.165) is 22.4 Å². The number of hydrogen-bond acceptors (Lipinski definition) is 3. The summed E-state index contributed by atoms with van der Waals surface area (Å²) < 4.78 is 0. The Morgan fingerprint density at radius 1 is 1.00 bits per heavy atom. The van der Waals surface area contributed by atoms with E-state index in [1.165, 1.54) is 5.56 Å². The number of benzene rings is 3. The zero-order chi connectivity index (χ0) is 18.8. The molecule has 136 valence electrons. The summed E-state index contributed by atoms with van der Waals surface area (Å²) in [5, 5.41) is 14.6. The van der Waals surface area contributed by atoms with Gasteiger partial charge in [0.2, 0.25) is 0 Å². The van der Waals surface area contributed by atoms with Crippen LogP contribution in [0.2, 0.25) is 5.02 Å². The fraction of sp³-hybridized carbons (Fsp3) is 0.174. The van der Waals surface area contributed by atoms with Crippen molar-refractivity contribution >= 4 is 17.3 Å². The van der Waals surface area contributed by atoms with Gasteiger partial charge in [0.1, 0.15) is 11.9 Å². The van der Waals surface area contributed by atoms with Gasteiger partial charge in [-0.15, -0.1) is 0 Å². The molecule has 2 atom stereocenters. The van der Waals surface area contributed by atoms with Crippen LogP contribution in [0, 0.1) is 6.92 Å². The third kappa shape index (κ3) is 3.90. The Morgan fingerprint density at radius 2 is 1.78 bits per heavy atom. The van der Waals surface area contributed by atoms with Gasteiger partial charge < -0.3 is 5.11 Å². The second-order valence-corrected chi connectivity index (χ2v) is 7.32. The highest BCUT2D eigenvalue weighted by atomic mass is 35.5. The Bertz CT molecular complexity index is 982. The molecule has 27 heavy (non-hydrogen) atoms. The molecule has 3 aromatic carbocycles. The van der Waals surface area contributed by atoms with E-state index in [0.29, 0.717) is 17.2 Å². The molecule has 3 nitrogen and oxygen atoms in total. The molecule has 0 unspecified atom stereocenters. The van der Waals surface area contributed by atoms with Crippen molar-refractivity contribution in [1.29, 1.82) is 0 Å². The molecule has 0 aliphatic carbocycles. The van der Waals surface area contributed by atoms with Gasteiger partial charge in [-0.1, -0.05) is 71.8 Å². The van der Waals surface area contributed by atoms with Gasteiger partial charge in [0.25, 0.3) is 0 Å². The molecule has 2 N–H and O–H groups in total. The third-order valence-corrected chi connectivity index (χ3v) is 5.14. The predicted molar refractivity (Wildman–Crippen MR) is 111 cm³/mol. The van der Waals surface area contributed by atoms with Gasteiger partial charge in [-0.3, -0.25) is 10.3 Å². The number of hydrogen-bond donors (Lipinski definition) is 2. The molecule has 0 amide bonds. The van der Waals surface area contributed by atoms with Crippen LogP contribution >= 0.6 is 11.6 Å². The summed E-state index contributed by atoms with van der Waals surface area (Å²) in [5.41, 5.74) is 5.23. The summed E-state index contributed by atoms with van der Waals surface area (Å²) in [6.07, 6.45) is 0.482. The monoisotopic (exact) mass is 376 g/mol. The summed E-state index contributed by atoms with van der Waals surface area (Å²) in [4.78, 5) is 4.96. The van der Waals surface area contributed by atoms with Crippen LogP contribution in [0.3, 0.4) is 0 Å². The number of nitrogens with zero attached hydrogens (tertiary/aromatic N) is 1. The second-order valence-electron chi connectivity index (χ2n) is 6.88. The van der Waals surface area contributed by atoms with Crippen LogP contribution in [0.5, 0.6) is 5.75 Å². The maximum atomic E-state index is 10.4. The van der Waals surface area contributed by atoms with Crippen LogP contribution in [0.1, 0.15) is 40.9 Å². The lowest BCUT2D eigenvalue weighted by molar-refractivity contribution is 0.413. The average molecular weight is 377 g/mol. The number of phenols is 1. The fourth-order valence-corrected chi connectivity index (χ4v) is 3.66. The van der Waals surface area contributed by atoms with E-state index >= 15 is 0 Å². The molecule has 0 radical (unpaired) electrons. The van der Waals surface area contributed by atoms with Crippen LogP contribution in [0.15, 0.2) is 77.8 Å². The quantitative estimate of drug-likeness (QED) is 0.627. The average Bonchev–Trinajstić information content (AvgIpc) is 2.68. The van der Waals surface area contributed by atoms with Crippen molar-refractivity contribution in [2.45, 2.75) is 25.6 Å². The van der Waals surface area contributed by atoms with Gasteiger partial charge in [0.15, 0.2) is 0 Å². The van der Waals surface area contributed by atoms with Crippen molar-refractivity contribution in [3.05, 3.63) is 100 Å². The highest BCUT2D eigenvalue weighted by Crippen LogP contribution is 2.34. The maximum absolute atomic E-state index is 10.4. The molecule has 0 fully saturated rings. The number of halogens is 1. The van der Waals surface area contributed by atoms with Gasteiger partial charge in [-0.2, -0.15) is 0 Å². The van der Waals surface area contributed by atoms with E-state index in [4.69, 9.17) is 16.6 Å². The van der Waals surface area contributed by atoms with Gasteiger partial charge in [-0.05, 0) is 36.2 Å². The Labute approximate surface area is 164 Å². The number of para-hydroxylation sites is 1. The second kappa shape index (κ2) is 7.55. The Morgan fingerprint density at radius 3 is 2.52 bits per heavy atom. The van der Waals surface area contributed by atoms with E-state index in [-0.39, 0.29) is 12.2 Å². The summed E-state index contributed by atoms with van der Waals surface area (Å²) in [7, 11) is 0. The minimum atomic E-state index is -0.224. The Hall–Kier alpha value is -2.62. The first-order valence-corrected chi connectivity index (χ1v) is 9.41. The predicted octanol–water partition coefficient (Wildman–Crippen LogP) is 5.58. The van der Waals surface area contributed by atoms with Crippen molar-refractivity contribution < 1.29 is 5.11 Å². The molecule has 0 saturated heterocycles. The summed E-state index contributed by atoms with van der Waals surface area (Å²) >= 11 is 6.20. The van der Waals surface area contributed by atoms with Crippen molar-refractivity contribution in [2.75, 3.05) is 0 Å². The van der Waals surface area contributed by atoms with Crippen LogP contribution in [-0.2, 0) is 0 Å². The van der Waals surface area contributed by atoms with E-state index < -0.39 is 0 Å². The zero-order valence-electron chi connectivity index (χ0n) is 15.1. The molecule has 3 aromatic rings. The number of aromatic hydroxyl groups is 1. The number of phenolic OH excluding ortho intramolecular Hbond substituents is 1. The van der Waals surface area contributed by atoms with Gasteiger partial charge in [-0.25, -0.2) is 0 Å². The number of aliphatic imine (C=N–C) groups is 1. The van der Waals surface area contributed by atoms with Gasteiger partial charge in [0, 0.05) is 28.8 Å². The van der Waals surface area contributed by atoms with Crippen LogP contribution in [-0.4, -0.2) is 10.8 Å². The van der Waals surface area contributed by atoms with Crippen molar-refractivity contribution in [1.82, 2.24) is 5.32 Å². The minimum absolute atomic E-state index is 0.0380. The number of aryl methyl sites for hydroxylation is 1. The van der Waals surface area contributed by atoms with Crippen LogP contribution in [0.25, 0.3) is 0 Å². The van der Waals surface area contributed by atoms with E-state index in [1.54, 1.807) is 6.07 Å². The summed E-state index contributed by atoms with van der Waals surface area (Å²) in [5.74, 6) is 0.296. The SMILES string of the molecule is Cc1ccc(C2=N[C@@H](c3cccc(Cl)c3)N[C@@H](c3ccccc3O)C2)cc1. The highest BCUT2D eigenvalue weighted by molar-refractivity contribution is 6.30. The molecular weight excluding hydrogens is 356 g/mol. The molecule has 1 heterocycles. The van der Waals surface area contributed by atoms with Crippen molar-refractivity contribution in [2.24, 2.45) is 4.99 Å². The molecule has 0 bridgehead atoms. The number of nitrogens with one attached hydrogen (secondary N) is 1. The highest BCUT2D eigenvalue weighted by Gasteiger charge is 2.27. The van der Waals surface area contributed by atoms with E-state index in [1.807, 2.05) is 42.5 Å². The molecule has 4 rings (SSSR count). The molecule has 0 saturated carbocycles. The van der Waals surface area contributed by atoms with Gasteiger partial charge >= 0.3 is 0 Å². The first-order valence-electron chi connectivity index (χ1n) is 9.03. The van der Waals surface area contributed by atoms with E-state index in [9.17, 15) is 5.11 Å². The molecule has 0 spiro atoms. The minimum Gasteiger partial charge on any atom is -0.508 e. The van der Waals surface area contributed by atoms with Crippen LogP contribution < -0.4 is 5.32 Å². The number of rotatable bonds is 3. The topological polar surface area (TPSA) is 44.6 Å². The smallest absolute Gasteiger partial charge is 0.126 e. The zero-order valence-corrected chi connectivity index (χ0v) is 15.8. The first kappa shape index (κ1) is 17.8. The lowest BCUT2D eigenvalue weighted by Gasteiger charge is -2.31. The molecule has 1 aliphatic heterocycles. The van der Waals surface area contributed by atoms with Crippen molar-refractivity contribution in [3.8, 4) is 5.75 Å². The molecule has 1 aliphatic rings. The Balaban J connectivity index is 1.76. The largest absolute Gasteiger partial charge is 0.508 e.